The van der Waals surface area contributed by atoms with Gasteiger partial charge < -0.3 is 15.6 Å². The summed E-state index contributed by atoms with van der Waals surface area (Å²) in [6, 6.07) is 11.0. The predicted octanol–water partition coefficient (Wildman–Crippen LogP) is 3.23. The third-order valence-electron chi connectivity index (χ3n) is 4.10. The van der Waals surface area contributed by atoms with Crippen LogP contribution in [0.3, 0.4) is 0 Å². The molecule has 2 aromatic rings. The maximum atomic E-state index is 12.0. The van der Waals surface area contributed by atoms with Gasteiger partial charge in [-0.3, -0.25) is 0 Å². The molecule has 1 atom stereocenters. The van der Waals surface area contributed by atoms with Crippen molar-refractivity contribution in [3.8, 4) is 5.75 Å². The Labute approximate surface area is 129 Å². The van der Waals surface area contributed by atoms with Crippen molar-refractivity contribution >= 4 is 5.97 Å². The summed E-state index contributed by atoms with van der Waals surface area (Å²) in [5, 5.41) is 10.1. The molecule has 0 saturated carbocycles. The molecule has 4 heteroatoms. The van der Waals surface area contributed by atoms with Crippen molar-refractivity contribution in [1.82, 2.24) is 0 Å². The number of nitrogens with two attached hydrogens (primary N) is 1. The summed E-state index contributed by atoms with van der Waals surface area (Å²) >= 11 is 0. The number of carbonyl (C=O) groups is 1. The third kappa shape index (κ3) is 2.25. The van der Waals surface area contributed by atoms with Crippen LogP contribution in [0.25, 0.3) is 0 Å². The zero-order valence-corrected chi connectivity index (χ0v) is 12.7. The van der Waals surface area contributed by atoms with E-state index >= 15 is 0 Å². The van der Waals surface area contributed by atoms with Crippen molar-refractivity contribution in [2.45, 2.75) is 32.4 Å². The zero-order chi connectivity index (χ0) is 15.9. The van der Waals surface area contributed by atoms with Crippen LogP contribution in [-0.4, -0.2) is 11.1 Å². The Kier molecular flexibility index (Phi) is 3.62. The highest BCUT2D eigenvalue weighted by Gasteiger charge is 2.33. The lowest BCUT2D eigenvalue weighted by Crippen LogP contribution is -2.09. The normalized spacial score (nSPS) is 16.7. The van der Waals surface area contributed by atoms with E-state index in [2.05, 4.69) is 0 Å². The fraction of sp³-hybridized carbons (Fsp3) is 0.278. The molecule has 0 fully saturated rings. The Bertz CT molecular complexity index is 737. The topological polar surface area (TPSA) is 72.5 Å². The Balaban J connectivity index is 2.16. The smallest absolute Gasteiger partial charge is 0.339 e. The van der Waals surface area contributed by atoms with Gasteiger partial charge in [0.15, 0.2) is 6.10 Å². The van der Waals surface area contributed by atoms with Gasteiger partial charge in [0.1, 0.15) is 5.75 Å². The number of ether oxygens (including phenoxy) is 1. The molecule has 0 radical (unpaired) electrons. The number of phenols is 1. The molecule has 3 N–H and O–H groups in total. The van der Waals surface area contributed by atoms with Crippen LogP contribution in [0.4, 0.5) is 0 Å². The van der Waals surface area contributed by atoms with Gasteiger partial charge in [-0.15, -0.1) is 0 Å². The van der Waals surface area contributed by atoms with Gasteiger partial charge >= 0.3 is 5.97 Å². The molecule has 1 aliphatic heterocycles. The van der Waals surface area contributed by atoms with Crippen LogP contribution in [0, 0.1) is 0 Å². The molecule has 22 heavy (non-hydrogen) atoms. The van der Waals surface area contributed by atoms with Gasteiger partial charge in [0, 0.05) is 17.7 Å². The Morgan fingerprint density at radius 1 is 1.23 bits per heavy atom. The van der Waals surface area contributed by atoms with Crippen LogP contribution in [0.15, 0.2) is 36.4 Å². The lowest BCUT2D eigenvalue weighted by molar-refractivity contribution is 0.0454. The fourth-order valence-electron chi connectivity index (χ4n) is 2.93. The Hall–Kier alpha value is -2.33. The van der Waals surface area contributed by atoms with E-state index < -0.39 is 6.10 Å². The van der Waals surface area contributed by atoms with E-state index in [1.807, 2.05) is 38.1 Å². The largest absolute Gasteiger partial charge is 0.508 e. The van der Waals surface area contributed by atoms with Crippen LogP contribution in [0.5, 0.6) is 5.75 Å². The minimum atomic E-state index is -0.458. The zero-order valence-electron chi connectivity index (χ0n) is 12.7. The van der Waals surface area contributed by atoms with E-state index in [1.165, 1.54) is 0 Å². The maximum Gasteiger partial charge on any atom is 0.339 e. The highest BCUT2D eigenvalue weighted by atomic mass is 16.5. The van der Waals surface area contributed by atoms with Crippen molar-refractivity contribution in [1.29, 1.82) is 0 Å². The molecule has 0 spiro atoms. The summed E-state index contributed by atoms with van der Waals surface area (Å²) in [4.78, 5) is 12.0. The van der Waals surface area contributed by atoms with E-state index in [0.29, 0.717) is 5.56 Å². The monoisotopic (exact) mass is 297 g/mol. The molecule has 114 valence electrons. The molecule has 1 unspecified atom stereocenters. The summed E-state index contributed by atoms with van der Waals surface area (Å²) < 4.78 is 5.56. The molecule has 2 aromatic carbocycles. The number of aromatic hydroxyl groups is 1. The molecule has 0 bridgehead atoms. The van der Waals surface area contributed by atoms with Crippen molar-refractivity contribution < 1.29 is 14.6 Å². The van der Waals surface area contributed by atoms with Gasteiger partial charge in [-0.1, -0.05) is 32.0 Å². The Morgan fingerprint density at radius 2 is 1.95 bits per heavy atom. The first-order chi connectivity index (χ1) is 10.5. The number of rotatable bonds is 3. The SMILES string of the molecule is CC(C)c1cc(C2OC(=O)c3ccccc32)c(CN)cc1O. The predicted molar refractivity (Wildman–Crippen MR) is 83.8 cm³/mol. The second-order valence-corrected chi connectivity index (χ2v) is 5.84. The molecule has 1 heterocycles. The molecular formula is C18H19NO3. The van der Waals surface area contributed by atoms with Gasteiger partial charge in [0.25, 0.3) is 0 Å². The number of phenolic OH excluding ortho intramolecular Hbond substituents is 1. The van der Waals surface area contributed by atoms with Crippen LogP contribution in [0.1, 0.15) is 58.5 Å². The summed E-state index contributed by atoms with van der Waals surface area (Å²) in [6.45, 7) is 4.29. The minimum Gasteiger partial charge on any atom is -0.508 e. The first kappa shape index (κ1) is 14.6. The van der Waals surface area contributed by atoms with Crippen molar-refractivity contribution in [2.24, 2.45) is 5.73 Å². The van der Waals surface area contributed by atoms with Crippen LogP contribution in [-0.2, 0) is 11.3 Å². The molecule has 0 aromatic heterocycles. The number of carbonyl (C=O) groups excluding carboxylic acids is 1. The summed E-state index contributed by atoms with van der Waals surface area (Å²) in [5.41, 5.74) is 9.72. The van der Waals surface area contributed by atoms with E-state index in [-0.39, 0.29) is 24.2 Å². The van der Waals surface area contributed by atoms with Crippen LogP contribution in [0.2, 0.25) is 0 Å². The first-order valence-corrected chi connectivity index (χ1v) is 7.38. The first-order valence-electron chi connectivity index (χ1n) is 7.38. The average molecular weight is 297 g/mol. The standard InChI is InChI=1S/C18H19NO3/c1-10(2)14-8-15(11(9-19)7-16(14)20)17-12-5-3-4-6-13(12)18(21)22-17/h3-8,10,17,20H,9,19H2,1-2H3. The molecule has 3 rings (SSSR count). The summed E-state index contributed by atoms with van der Waals surface area (Å²) in [7, 11) is 0. The second kappa shape index (κ2) is 5.46. The van der Waals surface area contributed by atoms with Gasteiger partial charge in [-0.25, -0.2) is 4.79 Å². The number of hydrogen-bond donors (Lipinski definition) is 2. The average Bonchev–Trinajstić information content (AvgIpc) is 2.84. The van der Waals surface area contributed by atoms with Crippen molar-refractivity contribution in [3.63, 3.8) is 0 Å². The summed E-state index contributed by atoms with van der Waals surface area (Å²) in [6.07, 6.45) is -0.458. The minimum absolute atomic E-state index is 0.165. The third-order valence-corrected chi connectivity index (χ3v) is 4.10. The van der Waals surface area contributed by atoms with Crippen molar-refractivity contribution in [3.05, 3.63) is 64.2 Å². The van der Waals surface area contributed by atoms with Gasteiger partial charge in [0.05, 0.1) is 5.56 Å². The molecule has 0 saturated heterocycles. The number of hydrogen-bond acceptors (Lipinski definition) is 4. The number of cyclic esters (lactones) is 1. The van der Waals surface area contributed by atoms with Gasteiger partial charge in [-0.2, -0.15) is 0 Å². The van der Waals surface area contributed by atoms with Crippen molar-refractivity contribution in [2.75, 3.05) is 0 Å². The molecular weight excluding hydrogens is 278 g/mol. The quantitative estimate of drug-likeness (QED) is 0.853. The highest BCUT2D eigenvalue weighted by molar-refractivity contribution is 5.94. The second-order valence-electron chi connectivity index (χ2n) is 5.84. The number of fused-ring (bicyclic) bond motifs is 1. The molecule has 1 aliphatic rings. The lowest BCUT2D eigenvalue weighted by atomic mass is 9.90. The lowest BCUT2D eigenvalue weighted by Gasteiger charge is -2.19. The van der Waals surface area contributed by atoms with E-state index in [9.17, 15) is 9.90 Å². The van der Waals surface area contributed by atoms with E-state index in [1.54, 1.807) is 12.1 Å². The molecule has 0 amide bonds. The molecule has 0 aliphatic carbocycles. The summed E-state index contributed by atoms with van der Waals surface area (Å²) in [5.74, 6) is 0.0810. The van der Waals surface area contributed by atoms with Gasteiger partial charge in [-0.05, 0) is 35.2 Å². The van der Waals surface area contributed by atoms with Gasteiger partial charge in [0.2, 0.25) is 0 Å². The maximum absolute atomic E-state index is 12.0. The van der Waals surface area contributed by atoms with E-state index in [0.717, 1.165) is 22.3 Å². The van der Waals surface area contributed by atoms with E-state index in [4.69, 9.17) is 10.5 Å². The van der Waals surface area contributed by atoms with Crippen LogP contribution < -0.4 is 5.73 Å². The highest BCUT2D eigenvalue weighted by Crippen LogP contribution is 2.40. The Morgan fingerprint density at radius 3 is 2.64 bits per heavy atom. The fourth-order valence-corrected chi connectivity index (χ4v) is 2.93. The number of esters is 1. The molecule has 4 nitrogen and oxygen atoms in total. The number of benzene rings is 2. The van der Waals surface area contributed by atoms with Crippen LogP contribution >= 0.6 is 0 Å².